The van der Waals surface area contributed by atoms with Gasteiger partial charge < -0.3 is 10.1 Å². The number of H-pyrrole nitrogens is 1. The molecule has 2 aromatic heterocycles. The van der Waals surface area contributed by atoms with Crippen LogP contribution in [-0.4, -0.2) is 15.1 Å². The molecule has 0 aromatic carbocycles. The molecule has 1 aliphatic rings. The number of fused-ring (bicyclic) bond motifs is 3. The molecule has 0 saturated carbocycles. The van der Waals surface area contributed by atoms with Crippen molar-refractivity contribution in [3.8, 4) is 0 Å². The first-order chi connectivity index (χ1) is 7.79. The van der Waals surface area contributed by atoms with Crippen molar-refractivity contribution in [2.75, 3.05) is 0 Å². The first-order valence-electron chi connectivity index (χ1n) is 5.43. The molecule has 0 spiro atoms. The molecule has 0 amide bonds. The summed E-state index contributed by atoms with van der Waals surface area (Å²) in [5.41, 5.74) is 3.42. The SMILES string of the molecule is O=c1[nH]c2cc(CO)ncc2c2c1CCC2. The Balaban J connectivity index is 2.38. The predicted octanol–water partition coefficient (Wildman–Crippen LogP) is 0.904. The van der Waals surface area contributed by atoms with Gasteiger partial charge in [-0.05, 0) is 30.9 Å². The van der Waals surface area contributed by atoms with Crippen LogP contribution in [0.2, 0.25) is 0 Å². The summed E-state index contributed by atoms with van der Waals surface area (Å²) in [7, 11) is 0. The molecule has 0 aliphatic heterocycles. The van der Waals surface area contributed by atoms with E-state index in [1.54, 1.807) is 12.3 Å². The van der Waals surface area contributed by atoms with Gasteiger partial charge in [0.1, 0.15) is 0 Å². The van der Waals surface area contributed by atoms with Crippen LogP contribution in [0.3, 0.4) is 0 Å². The van der Waals surface area contributed by atoms with Crippen LogP contribution in [0, 0.1) is 0 Å². The maximum Gasteiger partial charge on any atom is 0.251 e. The second kappa shape index (κ2) is 3.42. The van der Waals surface area contributed by atoms with Gasteiger partial charge in [0.2, 0.25) is 0 Å². The topological polar surface area (TPSA) is 66.0 Å². The minimum absolute atomic E-state index is 0.00934. The number of hydrogen-bond donors (Lipinski definition) is 2. The van der Waals surface area contributed by atoms with Crippen LogP contribution in [0.15, 0.2) is 17.1 Å². The first-order valence-corrected chi connectivity index (χ1v) is 5.43. The van der Waals surface area contributed by atoms with Gasteiger partial charge in [0.05, 0.1) is 17.8 Å². The lowest BCUT2D eigenvalue weighted by molar-refractivity contribution is 0.277. The fourth-order valence-electron chi connectivity index (χ4n) is 2.42. The van der Waals surface area contributed by atoms with Crippen molar-refractivity contribution in [2.24, 2.45) is 0 Å². The number of aromatic nitrogens is 2. The molecular weight excluding hydrogens is 204 g/mol. The van der Waals surface area contributed by atoms with Gasteiger partial charge in [-0.25, -0.2) is 0 Å². The predicted molar refractivity (Wildman–Crippen MR) is 60.3 cm³/mol. The van der Waals surface area contributed by atoms with Crippen molar-refractivity contribution in [1.29, 1.82) is 0 Å². The first kappa shape index (κ1) is 9.54. The molecular formula is C12H12N2O2. The summed E-state index contributed by atoms with van der Waals surface area (Å²) in [6, 6.07) is 1.75. The summed E-state index contributed by atoms with van der Waals surface area (Å²) in [5, 5.41) is 10.0. The summed E-state index contributed by atoms with van der Waals surface area (Å²) in [6.07, 6.45) is 4.61. The molecule has 82 valence electrons. The van der Waals surface area contributed by atoms with Crippen LogP contribution >= 0.6 is 0 Å². The van der Waals surface area contributed by atoms with Gasteiger partial charge in [-0.2, -0.15) is 0 Å². The number of hydrogen-bond acceptors (Lipinski definition) is 3. The molecule has 4 heteroatoms. The van der Waals surface area contributed by atoms with E-state index in [1.165, 1.54) is 0 Å². The standard InChI is InChI=1S/C12H12N2O2/c15-6-7-4-11-10(5-13-7)8-2-1-3-9(8)12(16)14-11/h4-5,15H,1-3,6H2,(H,14,16). The second-order valence-electron chi connectivity index (χ2n) is 4.14. The number of rotatable bonds is 1. The number of aliphatic hydroxyl groups is 1. The van der Waals surface area contributed by atoms with Crippen molar-refractivity contribution < 1.29 is 5.11 Å². The third kappa shape index (κ3) is 1.27. The second-order valence-corrected chi connectivity index (χ2v) is 4.14. The Morgan fingerprint density at radius 3 is 3.00 bits per heavy atom. The van der Waals surface area contributed by atoms with Crippen LogP contribution in [-0.2, 0) is 19.4 Å². The number of aliphatic hydroxyl groups excluding tert-OH is 1. The zero-order valence-corrected chi connectivity index (χ0v) is 8.79. The van der Waals surface area contributed by atoms with Crippen LogP contribution in [0.25, 0.3) is 10.9 Å². The van der Waals surface area contributed by atoms with E-state index in [4.69, 9.17) is 5.11 Å². The highest BCUT2D eigenvalue weighted by atomic mass is 16.3. The lowest BCUT2D eigenvalue weighted by atomic mass is 10.1. The molecule has 2 aromatic rings. The Hall–Kier alpha value is -1.68. The summed E-state index contributed by atoms with van der Waals surface area (Å²) < 4.78 is 0. The molecule has 0 unspecified atom stereocenters. The van der Waals surface area contributed by atoms with Crippen molar-refractivity contribution in [3.63, 3.8) is 0 Å². The summed E-state index contributed by atoms with van der Waals surface area (Å²) >= 11 is 0. The molecule has 4 nitrogen and oxygen atoms in total. The zero-order chi connectivity index (χ0) is 11.1. The maximum atomic E-state index is 11.8. The van der Waals surface area contributed by atoms with E-state index in [-0.39, 0.29) is 12.2 Å². The Labute approximate surface area is 92.0 Å². The molecule has 2 N–H and O–H groups in total. The van der Waals surface area contributed by atoms with Gasteiger partial charge in [-0.1, -0.05) is 0 Å². The number of nitrogens with zero attached hydrogens (tertiary/aromatic N) is 1. The maximum absolute atomic E-state index is 11.8. The van der Waals surface area contributed by atoms with Crippen molar-refractivity contribution in [2.45, 2.75) is 25.9 Å². The molecule has 0 fully saturated rings. The number of pyridine rings is 2. The molecule has 0 radical (unpaired) electrons. The van der Waals surface area contributed by atoms with Gasteiger partial charge in [0.15, 0.2) is 0 Å². The van der Waals surface area contributed by atoms with Crippen molar-refractivity contribution in [1.82, 2.24) is 9.97 Å². The van der Waals surface area contributed by atoms with E-state index in [0.29, 0.717) is 5.69 Å². The highest BCUT2D eigenvalue weighted by Gasteiger charge is 2.17. The Morgan fingerprint density at radius 1 is 1.38 bits per heavy atom. The van der Waals surface area contributed by atoms with Gasteiger partial charge in [0.25, 0.3) is 5.56 Å². The van der Waals surface area contributed by atoms with E-state index in [0.717, 1.165) is 41.3 Å². The third-order valence-corrected chi connectivity index (χ3v) is 3.19. The van der Waals surface area contributed by atoms with Crippen LogP contribution in [0.5, 0.6) is 0 Å². The molecule has 16 heavy (non-hydrogen) atoms. The fraction of sp³-hybridized carbons (Fsp3) is 0.333. The highest BCUT2D eigenvalue weighted by molar-refractivity contribution is 5.83. The molecule has 0 atom stereocenters. The lowest BCUT2D eigenvalue weighted by Gasteiger charge is -2.05. The summed E-state index contributed by atoms with van der Waals surface area (Å²) in [6.45, 7) is -0.102. The van der Waals surface area contributed by atoms with Crippen LogP contribution < -0.4 is 5.56 Å². The Kier molecular flexibility index (Phi) is 2.04. The lowest BCUT2D eigenvalue weighted by Crippen LogP contribution is -2.12. The van der Waals surface area contributed by atoms with Gasteiger partial charge >= 0.3 is 0 Å². The number of aryl methyl sites for hydroxylation is 1. The van der Waals surface area contributed by atoms with E-state index in [1.807, 2.05) is 0 Å². The van der Waals surface area contributed by atoms with Gasteiger partial charge in [0, 0.05) is 17.1 Å². The third-order valence-electron chi connectivity index (χ3n) is 3.19. The molecule has 0 saturated heterocycles. The van der Waals surface area contributed by atoms with E-state index in [9.17, 15) is 4.79 Å². The largest absolute Gasteiger partial charge is 0.390 e. The Bertz CT molecular complexity index is 616. The minimum atomic E-state index is -0.102. The highest BCUT2D eigenvalue weighted by Crippen LogP contribution is 2.25. The monoisotopic (exact) mass is 216 g/mol. The minimum Gasteiger partial charge on any atom is -0.390 e. The summed E-state index contributed by atoms with van der Waals surface area (Å²) in [5.74, 6) is 0. The average Bonchev–Trinajstić information content (AvgIpc) is 2.78. The van der Waals surface area contributed by atoms with Crippen LogP contribution in [0.4, 0.5) is 0 Å². The summed E-state index contributed by atoms with van der Waals surface area (Å²) in [4.78, 5) is 18.8. The van der Waals surface area contributed by atoms with Gasteiger partial charge in [-0.15, -0.1) is 0 Å². The molecule has 2 heterocycles. The van der Waals surface area contributed by atoms with Gasteiger partial charge in [-0.3, -0.25) is 9.78 Å². The fourth-order valence-corrected chi connectivity index (χ4v) is 2.42. The molecule has 1 aliphatic carbocycles. The van der Waals surface area contributed by atoms with E-state index >= 15 is 0 Å². The normalized spacial score (nSPS) is 14.3. The number of nitrogens with one attached hydrogen (secondary N) is 1. The number of aromatic amines is 1. The smallest absolute Gasteiger partial charge is 0.251 e. The zero-order valence-electron chi connectivity index (χ0n) is 8.79. The molecule has 3 rings (SSSR count). The quantitative estimate of drug-likeness (QED) is 0.744. The van der Waals surface area contributed by atoms with Crippen LogP contribution in [0.1, 0.15) is 23.2 Å². The average molecular weight is 216 g/mol. The van der Waals surface area contributed by atoms with E-state index < -0.39 is 0 Å². The molecule has 0 bridgehead atoms. The Morgan fingerprint density at radius 2 is 2.19 bits per heavy atom. The van der Waals surface area contributed by atoms with E-state index in [2.05, 4.69) is 9.97 Å². The van der Waals surface area contributed by atoms with Crippen molar-refractivity contribution in [3.05, 3.63) is 39.4 Å². The van der Waals surface area contributed by atoms with Crippen molar-refractivity contribution >= 4 is 10.9 Å².